The predicted octanol–water partition coefficient (Wildman–Crippen LogP) is 6.03. The maximum Gasteiger partial charge on any atom is 0.296 e. The van der Waals surface area contributed by atoms with Gasteiger partial charge in [0.05, 0.1) is 28.4 Å². The fraction of sp³-hybridized carbons (Fsp3) is 0.160. The predicted molar refractivity (Wildman–Crippen MR) is 130 cm³/mol. The van der Waals surface area contributed by atoms with Gasteiger partial charge in [0, 0.05) is 5.02 Å². The number of aliphatic hydroxyl groups is 1. The molecule has 5 rings (SSSR count). The summed E-state index contributed by atoms with van der Waals surface area (Å²) in [5.74, 6) is -0.766. The van der Waals surface area contributed by atoms with E-state index < -0.39 is 23.5 Å². The summed E-state index contributed by atoms with van der Waals surface area (Å²) in [6.07, 6.45) is 0. The smallest absolute Gasteiger partial charge is 0.296 e. The number of amides is 1. The number of halogens is 1. The molecule has 0 radical (unpaired) electrons. The molecule has 1 N–H and O–H groups in total. The van der Waals surface area contributed by atoms with Gasteiger partial charge >= 0.3 is 0 Å². The highest BCUT2D eigenvalue weighted by Gasteiger charge is 2.46. The Morgan fingerprint density at radius 2 is 2.06 bits per heavy atom. The summed E-state index contributed by atoms with van der Waals surface area (Å²) < 4.78 is 11.9. The number of ketones is 1. The number of Topliss-reactive ketones (excluding diaryl/α,β-unsaturated/α-hetero) is 1. The molecule has 9 heteroatoms. The first-order valence-electron chi connectivity index (χ1n) is 10.5. The molecule has 34 heavy (non-hydrogen) atoms. The second-order valence-electron chi connectivity index (χ2n) is 7.69. The van der Waals surface area contributed by atoms with Crippen molar-refractivity contribution in [3.63, 3.8) is 0 Å². The Labute approximate surface area is 203 Å². The fourth-order valence-corrected chi connectivity index (χ4v) is 5.24. The number of hydrogen-bond donors (Lipinski definition) is 1. The van der Waals surface area contributed by atoms with E-state index in [9.17, 15) is 14.7 Å². The Morgan fingerprint density at radius 1 is 1.24 bits per heavy atom. The van der Waals surface area contributed by atoms with Crippen molar-refractivity contribution < 1.29 is 23.8 Å². The minimum absolute atomic E-state index is 0.0377. The van der Waals surface area contributed by atoms with E-state index in [-0.39, 0.29) is 11.3 Å². The average Bonchev–Trinajstić information content (AvgIpc) is 3.50. The molecular weight excluding hydrogens is 476 g/mol. The number of anilines is 1. The highest BCUT2D eigenvalue weighted by molar-refractivity contribution is 7.22. The Hall–Kier alpha value is -3.62. The minimum atomic E-state index is -0.929. The van der Waals surface area contributed by atoms with Gasteiger partial charge in [-0.05, 0) is 61.9 Å². The molecule has 0 bridgehead atoms. The molecule has 1 atom stereocenters. The number of rotatable bonds is 6. The molecule has 0 fully saturated rings. The number of hydrogen-bond acceptors (Lipinski definition) is 7. The van der Waals surface area contributed by atoms with Crippen molar-refractivity contribution >= 4 is 50.0 Å². The van der Waals surface area contributed by atoms with Gasteiger partial charge in [0.25, 0.3) is 5.91 Å². The number of aryl methyl sites for hydroxylation is 1. The molecule has 1 aliphatic heterocycles. The van der Waals surface area contributed by atoms with Gasteiger partial charge in [-0.25, -0.2) is 4.98 Å². The van der Waals surface area contributed by atoms with Crippen LogP contribution in [-0.4, -0.2) is 28.4 Å². The second-order valence-corrected chi connectivity index (χ2v) is 9.14. The number of aromatic nitrogens is 1. The van der Waals surface area contributed by atoms with Crippen molar-refractivity contribution in [1.29, 1.82) is 0 Å². The van der Waals surface area contributed by atoms with Gasteiger partial charge in [0.2, 0.25) is 5.78 Å². The summed E-state index contributed by atoms with van der Waals surface area (Å²) in [4.78, 5) is 32.7. The SMILES string of the molecule is CCOc1cccc(C2C(C(=O)c3ccc(C)o3)=C(O)C(=O)N2c2nc3ccc(Cl)cc3s2)c1. The average molecular weight is 495 g/mol. The first kappa shape index (κ1) is 22.2. The maximum atomic E-state index is 13.4. The van der Waals surface area contributed by atoms with Crippen molar-refractivity contribution in [2.24, 2.45) is 0 Å². The summed E-state index contributed by atoms with van der Waals surface area (Å²) in [6, 6.07) is 14.6. The van der Waals surface area contributed by atoms with Gasteiger partial charge in [-0.3, -0.25) is 14.5 Å². The molecule has 3 heterocycles. The van der Waals surface area contributed by atoms with Crippen LogP contribution in [0.3, 0.4) is 0 Å². The maximum absolute atomic E-state index is 13.4. The van der Waals surface area contributed by atoms with E-state index in [2.05, 4.69) is 4.98 Å². The van der Waals surface area contributed by atoms with E-state index in [1.807, 2.05) is 6.92 Å². The van der Waals surface area contributed by atoms with Gasteiger partial charge in [-0.15, -0.1) is 0 Å². The lowest BCUT2D eigenvalue weighted by Crippen LogP contribution is -2.31. The zero-order valence-electron chi connectivity index (χ0n) is 18.2. The minimum Gasteiger partial charge on any atom is -0.503 e. The van der Waals surface area contributed by atoms with E-state index in [4.69, 9.17) is 20.8 Å². The van der Waals surface area contributed by atoms with Crippen LogP contribution in [0.1, 0.15) is 34.8 Å². The molecule has 1 amide bonds. The number of nitrogens with zero attached hydrogens (tertiary/aromatic N) is 2. The highest BCUT2D eigenvalue weighted by atomic mass is 35.5. The number of benzene rings is 2. The van der Waals surface area contributed by atoms with Crippen LogP contribution in [0.4, 0.5) is 5.13 Å². The van der Waals surface area contributed by atoms with Crippen molar-refractivity contribution in [3.05, 3.63) is 88.0 Å². The third kappa shape index (κ3) is 3.74. The third-order valence-corrected chi connectivity index (χ3v) is 6.70. The largest absolute Gasteiger partial charge is 0.503 e. The number of carbonyl (C=O) groups excluding carboxylic acids is 2. The lowest BCUT2D eigenvalue weighted by Gasteiger charge is -2.24. The zero-order chi connectivity index (χ0) is 24.0. The normalized spacial score (nSPS) is 16.0. The van der Waals surface area contributed by atoms with Crippen molar-refractivity contribution in [3.8, 4) is 5.75 Å². The van der Waals surface area contributed by atoms with E-state index in [1.54, 1.807) is 55.5 Å². The lowest BCUT2D eigenvalue weighted by atomic mass is 9.95. The lowest BCUT2D eigenvalue weighted by molar-refractivity contribution is -0.117. The number of ether oxygens (including phenoxy) is 1. The molecule has 2 aromatic carbocycles. The summed E-state index contributed by atoms with van der Waals surface area (Å²) in [5, 5.41) is 11.8. The van der Waals surface area contributed by atoms with Crippen LogP contribution >= 0.6 is 22.9 Å². The van der Waals surface area contributed by atoms with Crippen LogP contribution in [0.25, 0.3) is 10.2 Å². The number of fused-ring (bicyclic) bond motifs is 1. The molecular formula is C25H19ClN2O5S. The quantitative estimate of drug-likeness (QED) is 0.329. The van der Waals surface area contributed by atoms with Gasteiger partial charge in [-0.1, -0.05) is 35.1 Å². The molecule has 1 aliphatic rings. The van der Waals surface area contributed by atoms with Crippen LogP contribution in [0.2, 0.25) is 5.02 Å². The van der Waals surface area contributed by atoms with Gasteiger partial charge in [0.1, 0.15) is 11.5 Å². The Balaban J connectivity index is 1.68. The molecule has 2 aromatic heterocycles. The number of aliphatic hydroxyl groups excluding tert-OH is 1. The van der Waals surface area contributed by atoms with Crippen molar-refractivity contribution in [2.75, 3.05) is 11.5 Å². The zero-order valence-corrected chi connectivity index (χ0v) is 19.8. The fourth-order valence-electron chi connectivity index (χ4n) is 3.97. The summed E-state index contributed by atoms with van der Waals surface area (Å²) in [5.41, 5.74) is 1.16. The molecule has 0 spiro atoms. The molecule has 0 saturated carbocycles. The molecule has 0 aliphatic carbocycles. The molecule has 7 nitrogen and oxygen atoms in total. The van der Waals surface area contributed by atoms with Crippen molar-refractivity contribution in [1.82, 2.24) is 4.98 Å². The van der Waals surface area contributed by atoms with Crippen LogP contribution in [-0.2, 0) is 4.79 Å². The Morgan fingerprint density at radius 3 is 2.79 bits per heavy atom. The Kier molecular flexibility index (Phi) is 5.63. The highest BCUT2D eigenvalue weighted by Crippen LogP contribution is 2.45. The van der Waals surface area contributed by atoms with E-state index >= 15 is 0 Å². The molecule has 0 saturated heterocycles. The molecule has 172 valence electrons. The molecule has 1 unspecified atom stereocenters. The van der Waals surface area contributed by atoms with Crippen molar-refractivity contribution in [2.45, 2.75) is 19.9 Å². The Bertz CT molecular complexity index is 1470. The monoisotopic (exact) mass is 494 g/mol. The third-order valence-electron chi connectivity index (χ3n) is 5.45. The van der Waals surface area contributed by atoms with E-state index in [0.717, 1.165) is 4.70 Å². The van der Waals surface area contributed by atoms with Crippen LogP contribution in [0, 0.1) is 6.92 Å². The van der Waals surface area contributed by atoms with Gasteiger partial charge < -0.3 is 14.3 Å². The molecule has 4 aromatic rings. The summed E-state index contributed by atoms with van der Waals surface area (Å²) >= 11 is 7.37. The van der Waals surface area contributed by atoms with Crippen LogP contribution < -0.4 is 9.64 Å². The van der Waals surface area contributed by atoms with E-state index in [1.165, 1.54) is 22.3 Å². The number of thiazole rings is 1. The first-order chi connectivity index (χ1) is 16.4. The summed E-state index contributed by atoms with van der Waals surface area (Å²) in [6.45, 7) is 4.03. The summed E-state index contributed by atoms with van der Waals surface area (Å²) in [7, 11) is 0. The van der Waals surface area contributed by atoms with Gasteiger partial charge in [-0.2, -0.15) is 0 Å². The second kappa shape index (κ2) is 8.62. The van der Waals surface area contributed by atoms with Gasteiger partial charge in [0.15, 0.2) is 16.7 Å². The standard InChI is InChI=1S/C25H19ClN2O5S/c1-3-32-16-6-4-5-14(11-16)21-20(22(29)18-10-7-13(2)33-18)23(30)24(31)28(21)25-27-17-9-8-15(26)12-19(17)34-25/h4-12,21,30H,3H2,1-2H3. The van der Waals surface area contributed by atoms with Crippen LogP contribution in [0.15, 0.2) is 70.3 Å². The number of carbonyl (C=O) groups is 2. The number of furan rings is 1. The van der Waals surface area contributed by atoms with E-state index in [0.29, 0.717) is 39.4 Å². The topological polar surface area (TPSA) is 92.9 Å². The first-order valence-corrected chi connectivity index (χ1v) is 11.7. The van der Waals surface area contributed by atoms with Crippen LogP contribution in [0.5, 0.6) is 5.75 Å².